The van der Waals surface area contributed by atoms with Gasteiger partial charge < -0.3 is 10.6 Å². The quantitative estimate of drug-likeness (QED) is 0.914. The molecule has 0 aliphatic carbocycles. The number of rotatable bonds is 4. The van der Waals surface area contributed by atoms with Crippen molar-refractivity contribution in [2.24, 2.45) is 0 Å². The normalized spacial score (nSPS) is 10.6. The molecule has 6 heteroatoms. The molecule has 0 saturated heterocycles. The zero-order valence-electron chi connectivity index (χ0n) is 10.8. The minimum atomic E-state index is 0.518. The van der Waals surface area contributed by atoms with Crippen molar-refractivity contribution >= 4 is 23.0 Å². The fourth-order valence-corrected chi connectivity index (χ4v) is 2.46. The molecule has 18 heavy (non-hydrogen) atoms. The van der Waals surface area contributed by atoms with Crippen molar-refractivity contribution in [1.29, 1.82) is 0 Å². The number of aryl methyl sites for hydroxylation is 2. The summed E-state index contributed by atoms with van der Waals surface area (Å²) in [5.74, 6) is 2.15. The average molecular weight is 263 g/mol. The van der Waals surface area contributed by atoms with Gasteiger partial charge in [-0.25, -0.2) is 15.0 Å². The Kier molecular flexibility index (Phi) is 3.76. The smallest absolute Gasteiger partial charge is 0.134 e. The minimum absolute atomic E-state index is 0.518. The molecule has 0 fully saturated rings. The lowest BCUT2D eigenvalue weighted by molar-refractivity contribution is 0.864. The highest BCUT2D eigenvalue weighted by Gasteiger charge is 2.09. The van der Waals surface area contributed by atoms with Crippen LogP contribution in [0.5, 0.6) is 0 Å². The van der Waals surface area contributed by atoms with Gasteiger partial charge in [0, 0.05) is 24.4 Å². The summed E-state index contributed by atoms with van der Waals surface area (Å²) in [5, 5.41) is 0. The monoisotopic (exact) mass is 263 g/mol. The van der Waals surface area contributed by atoms with E-state index < -0.39 is 0 Å². The molecule has 0 aromatic carbocycles. The third-order valence-corrected chi connectivity index (χ3v) is 3.63. The second-order valence-electron chi connectivity index (χ2n) is 4.14. The molecular formula is C12H17N5S. The summed E-state index contributed by atoms with van der Waals surface area (Å²) in [7, 11) is 2.00. The predicted molar refractivity (Wildman–Crippen MR) is 74.8 cm³/mol. The van der Waals surface area contributed by atoms with Gasteiger partial charge in [0.1, 0.15) is 17.5 Å². The maximum absolute atomic E-state index is 5.79. The standard InChI is InChI=1S/C12H17N5S/c1-4-11-15-10(13)5-12(16-11)17(3)6-9-8(2)14-7-18-9/h5,7H,4,6H2,1-3H3,(H2,13,15,16). The number of aromatic nitrogens is 3. The van der Waals surface area contributed by atoms with Gasteiger partial charge in [0.25, 0.3) is 0 Å². The molecule has 2 aromatic rings. The zero-order valence-corrected chi connectivity index (χ0v) is 11.7. The van der Waals surface area contributed by atoms with Gasteiger partial charge in [0.05, 0.1) is 17.7 Å². The Hall–Kier alpha value is -1.69. The van der Waals surface area contributed by atoms with Crippen molar-refractivity contribution in [3.63, 3.8) is 0 Å². The fraction of sp³-hybridized carbons (Fsp3) is 0.417. The van der Waals surface area contributed by atoms with Gasteiger partial charge in [-0.15, -0.1) is 11.3 Å². The van der Waals surface area contributed by atoms with Crippen LogP contribution in [0.1, 0.15) is 23.3 Å². The van der Waals surface area contributed by atoms with E-state index in [-0.39, 0.29) is 0 Å². The molecule has 0 aliphatic rings. The molecule has 0 bridgehead atoms. The highest BCUT2D eigenvalue weighted by atomic mass is 32.1. The molecule has 0 aliphatic heterocycles. The molecular weight excluding hydrogens is 246 g/mol. The van der Waals surface area contributed by atoms with Gasteiger partial charge in [-0.1, -0.05) is 6.92 Å². The van der Waals surface area contributed by atoms with Crippen LogP contribution in [0, 0.1) is 6.92 Å². The van der Waals surface area contributed by atoms with Crippen LogP contribution in [-0.4, -0.2) is 22.0 Å². The average Bonchev–Trinajstić information content (AvgIpc) is 2.74. The highest BCUT2D eigenvalue weighted by molar-refractivity contribution is 7.09. The first-order chi connectivity index (χ1) is 8.60. The Morgan fingerprint density at radius 2 is 2.17 bits per heavy atom. The Morgan fingerprint density at radius 1 is 1.39 bits per heavy atom. The van der Waals surface area contributed by atoms with E-state index >= 15 is 0 Å². The van der Waals surface area contributed by atoms with Crippen molar-refractivity contribution in [1.82, 2.24) is 15.0 Å². The molecule has 0 atom stereocenters. The van der Waals surface area contributed by atoms with Gasteiger partial charge in [0.15, 0.2) is 0 Å². The van der Waals surface area contributed by atoms with Crippen molar-refractivity contribution in [2.75, 3.05) is 17.7 Å². The minimum Gasteiger partial charge on any atom is -0.384 e. The summed E-state index contributed by atoms with van der Waals surface area (Å²) >= 11 is 1.66. The van der Waals surface area contributed by atoms with Gasteiger partial charge in [-0.05, 0) is 6.92 Å². The van der Waals surface area contributed by atoms with E-state index in [0.717, 1.165) is 30.3 Å². The summed E-state index contributed by atoms with van der Waals surface area (Å²) in [4.78, 5) is 16.2. The first-order valence-electron chi connectivity index (χ1n) is 5.83. The van der Waals surface area contributed by atoms with Crippen LogP contribution in [-0.2, 0) is 13.0 Å². The molecule has 2 heterocycles. The Bertz CT molecular complexity index is 537. The van der Waals surface area contributed by atoms with Crippen LogP contribution in [0.4, 0.5) is 11.6 Å². The number of hydrogen-bond donors (Lipinski definition) is 1. The van der Waals surface area contributed by atoms with Crippen molar-refractivity contribution in [3.05, 3.63) is 28.0 Å². The molecule has 0 radical (unpaired) electrons. The van der Waals surface area contributed by atoms with Crippen molar-refractivity contribution in [2.45, 2.75) is 26.8 Å². The number of hydrogen-bond acceptors (Lipinski definition) is 6. The lowest BCUT2D eigenvalue weighted by Gasteiger charge is -2.18. The van der Waals surface area contributed by atoms with Gasteiger partial charge in [-0.2, -0.15) is 0 Å². The fourth-order valence-electron chi connectivity index (χ4n) is 1.63. The Balaban J connectivity index is 2.20. The summed E-state index contributed by atoms with van der Waals surface area (Å²) in [6, 6.07) is 1.80. The van der Waals surface area contributed by atoms with Gasteiger partial charge in [-0.3, -0.25) is 0 Å². The van der Waals surface area contributed by atoms with Crippen LogP contribution in [0.2, 0.25) is 0 Å². The van der Waals surface area contributed by atoms with Gasteiger partial charge >= 0.3 is 0 Å². The van der Waals surface area contributed by atoms with E-state index in [2.05, 4.69) is 19.9 Å². The Morgan fingerprint density at radius 3 is 2.78 bits per heavy atom. The lowest BCUT2D eigenvalue weighted by atomic mass is 10.3. The van der Waals surface area contributed by atoms with Crippen LogP contribution >= 0.6 is 11.3 Å². The van der Waals surface area contributed by atoms with Gasteiger partial charge in [0.2, 0.25) is 0 Å². The molecule has 0 spiro atoms. The largest absolute Gasteiger partial charge is 0.384 e. The second-order valence-corrected chi connectivity index (χ2v) is 5.08. The van der Waals surface area contributed by atoms with E-state index in [4.69, 9.17) is 5.73 Å². The first-order valence-corrected chi connectivity index (χ1v) is 6.71. The summed E-state index contributed by atoms with van der Waals surface area (Å²) in [6.45, 7) is 4.83. The number of nitrogens with zero attached hydrogens (tertiary/aromatic N) is 4. The summed E-state index contributed by atoms with van der Waals surface area (Å²) in [5.41, 5.74) is 8.73. The molecule has 2 N–H and O–H groups in total. The van der Waals surface area contributed by atoms with E-state index in [1.807, 2.05) is 26.4 Å². The third-order valence-electron chi connectivity index (χ3n) is 2.71. The van der Waals surface area contributed by atoms with Crippen molar-refractivity contribution in [3.8, 4) is 0 Å². The van der Waals surface area contributed by atoms with E-state index in [0.29, 0.717) is 5.82 Å². The maximum Gasteiger partial charge on any atom is 0.134 e. The number of anilines is 2. The van der Waals surface area contributed by atoms with E-state index in [1.165, 1.54) is 4.88 Å². The van der Waals surface area contributed by atoms with E-state index in [9.17, 15) is 0 Å². The zero-order chi connectivity index (χ0) is 13.1. The molecule has 0 amide bonds. The molecule has 5 nitrogen and oxygen atoms in total. The predicted octanol–water partition coefficient (Wildman–Crippen LogP) is 2.02. The molecule has 0 saturated carbocycles. The van der Waals surface area contributed by atoms with Crippen LogP contribution in [0.3, 0.4) is 0 Å². The molecule has 96 valence electrons. The highest BCUT2D eigenvalue weighted by Crippen LogP contribution is 2.19. The number of nitrogens with two attached hydrogens (primary N) is 1. The van der Waals surface area contributed by atoms with Crippen molar-refractivity contribution < 1.29 is 0 Å². The maximum atomic E-state index is 5.79. The molecule has 0 unspecified atom stereocenters. The summed E-state index contributed by atoms with van der Waals surface area (Å²) in [6.07, 6.45) is 0.783. The van der Waals surface area contributed by atoms with Crippen LogP contribution in [0.25, 0.3) is 0 Å². The SMILES string of the molecule is CCc1nc(N)cc(N(C)Cc2scnc2C)n1. The van der Waals surface area contributed by atoms with Crippen LogP contribution < -0.4 is 10.6 Å². The topological polar surface area (TPSA) is 67.9 Å². The third kappa shape index (κ3) is 2.76. The Labute approximate surface area is 111 Å². The van der Waals surface area contributed by atoms with Crippen LogP contribution in [0.15, 0.2) is 11.6 Å². The second kappa shape index (κ2) is 5.30. The first kappa shape index (κ1) is 12.8. The summed E-state index contributed by atoms with van der Waals surface area (Å²) < 4.78 is 0. The lowest BCUT2D eigenvalue weighted by Crippen LogP contribution is -2.19. The number of thiazole rings is 1. The molecule has 2 rings (SSSR count). The number of nitrogen functional groups attached to an aromatic ring is 1. The van der Waals surface area contributed by atoms with E-state index in [1.54, 1.807) is 17.4 Å². The molecule has 2 aromatic heterocycles.